The van der Waals surface area contributed by atoms with Gasteiger partial charge in [0.05, 0.1) is 5.56 Å². The molecule has 0 amide bonds. The molecule has 2 aromatic carbocycles. The Balaban J connectivity index is 2.38. The molecule has 1 atom stereocenters. The summed E-state index contributed by atoms with van der Waals surface area (Å²) in [6, 6.07) is 11.2. The number of nitrogens with two attached hydrogens (primary N) is 1. The molecule has 0 bridgehead atoms. The first-order chi connectivity index (χ1) is 10.0. The van der Waals surface area contributed by atoms with Crippen LogP contribution in [-0.2, 0) is 0 Å². The summed E-state index contributed by atoms with van der Waals surface area (Å²) in [7, 11) is 0. The van der Waals surface area contributed by atoms with Gasteiger partial charge in [-0.25, -0.2) is 9.18 Å². The van der Waals surface area contributed by atoms with Gasteiger partial charge in [-0.1, -0.05) is 25.1 Å². The minimum absolute atomic E-state index is 0.187. The summed E-state index contributed by atoms with van der Waals surface area (Å²) in [6.45, 7) is 2.64. The van der Waals surface area contributed by atoms with E-state index in [0.29, 0.717) is 17.7 Å². The number of carboxylic acid groups (broad SMARTS) is 1. The van der Waals surface area contributed by atoms with Crippen LogP contribution in [0.4, 0.5) is 4.39 Å². The Hall–Kier alpha value is -2.20. The van der Waals surface area contributed by atoms with Crippen molar-refractivity contribution < 1.29 is 14.3 Å². The number of hydrogen-bond acceptors (Lipinski definition) is 2. The lowest BCUT2D eigenvalue weighted by Crippen LogP contribution is -2.05. The number of aromatic carboxylic acids is 1. The Labute approximate surface area is 123 Å². The van der Waals surface area contributed by atoms with E-state index in [4.69, 9.17) is 10.8 Å². The molecule has 0 spiro atoms. The Morgan fingerprint density at radius 3 is 2.48 bits per heavy atom. The molecule has 2 aromatic rings. The molecule has 0 aromatic heterocycles. The number of rotatable bonds is 5. The molecule has 0 aliphatic heterocycles. The van der Waals surface area contributed by atoms with E-state index in [1.54, 1.807) is 18.2 Å². The largest absolute Gasteiger partial charge is 0.478 e. The van der Waals surface area contributed by atoms with Gasteiger partial charge in [-0.05, 0) is 54.3 Å². The van der Waals surface area contributed by atoms with Gasteiger partial charge < -0.3 is 10.8 Å². The first kappa shape index (κ1) is 15.2. The maximum atomic E-state index is 14.0. The van der Waals surface area contributed by atoms with Gasteiger partial charge in [-0.2, -0.15) is 0 Å². The summed E-state index contributed by atoms with van der Waals surface area (Å²) < 4.78 is 14.0. The highest BCUT2D eigenvalue weighted by molar-refractivity contribution is 5.88. The van der Waals surface area contributed by atoms with Crippen LogP contribution < -0.4 is 5.73 Å². The van der Waals surface area contributed by atoms with E-state index < -0.39 is 5.97 Å². The standard InChI is InChI=1S/C17H18FNO2/c1-11(8-9-19)14-6-7-16(18)15(10-14)12-2-4-13(5-3-12)17(20)21/h2-7,10-11H,8-9,19H2,1H3,(H,20,21). The average molecular weight is 287 g/mol. The second kappa shape index (κ2) is 6.50. The van der Waals surface area contributed by atoms with Gasteiger partial charge in [-0.15, -0.1) is 0 Å². The Bertz CT molecular complexity index is 638. The van der Waals surface area contributed by atoms with Crippen molar-refractivity contribution in [1.82, 2.24) is 0 Å². The van der Waals surface area contributed by atoms with Crippen LogP contribution in [0, 0.1) is 5.82 Å². The monoisotopic (exact) mass is 287 g/mol. The van der Waals surface area contributed by atoms with Crippen molar-refractivity contribution in [2.45, 2.75) is 19.3 Å². The van der Waals surface area contributed by atoms with Crippen molar-refractivity contribution in [1.29, 1.82) is 0 Å². The predicted molar refractivity (Wildman–Crippen MR) is 80.9 cm³/mol. The SMILES string of the molecule is CC(CCN)c1ccc(F)c(-c2ccc(C(=O)O)cc2)c1. The van der Waals surface area contributed by atoms with Crippen LogP contribution in [0.15, 0.2) is 42.5 Å². The van der Waals surface area contributed by atoms with E-state index in [1.165, 1.54) is 18.2 Å². The maximum Gasteiger partial charge on any atom is 0.335 e. The summed E-state index contributed by atoms with van der Waals surface area (Å²) in [5, 5.41) is 8.89. The van der Waals surface area contributed by atoms with Gasteiger partial charge in [0.1, 0.15) is 5.82 Å². The number of halogens is 1. The average Bonchev–Trinajstić information content (AvgIpc) is 2.48. The maximum absolute atomic E-state index is 14.0. The Morgan fingerprint density at radius 2 is 1.90 bits per heavy atom. The van der Waals surface area contributed by atoms with Crippen LogP contribution in [0.2, 0.25) is 0 Å². The smallest absolute Gasteiger partial charge is 0.335 e. The van der Waals surface area contributed by atoms with E-state index >= 15 is 0 Å². The molecule has 2 rings (SSSR count). The van der Waals surface area contributed by atoms with Gasteiger partial charge in [0.15, 0.2) is 0 Å². The van der Waals surface area contributed by atoms with Crippen LogP contribution in [0.5, 0.6) is 0 Å². The molecule has 3 nitrogen and oxygen atoms in total. The lowest BCUT2D eigenvalue weighted by Gasteiger charge is -2.13. The van der Waals surface area contributed by atoms with Crippen molar-refractivity contribution in [3.63, 3.8) is 0 Å². The first-order valence-electron chi connectivity index (χ1n) is 6.86. The third kappa shape index (κ3) is 3.47. The molecule has 0 radical (unpaired) electrons. The molecule has 4 heteroatoms. The molecule has 0 fully saturated rings. The van der Waals surface area contributed by atoms with Gasteiger partial charge in [0.25, 0.3) is 0 Å². The van der Waals surface area contributed by atoms with Crippen molar-refractivity contribution in [2.24, 2.45) is 5.73 Å². The molecule has 21 heavy (non-hydrogen) atoms. The second-order valence-electron chi connectivity index (χ2n) is 5.10. The number of carboxylic acids is 1. The number of hydrogen-bond donors (Lipinski definition) is 2. The molecule has 0 heterocycles. The van der Waals surface area contributed by atoms with E-state index in [2.05, 4.69) is 6.92 Å². The Morgan fingerprint density at radius 1 is 1.24 bits per heavy atom. The summed E-state index contributed by atoms with van der Waals surface area (Å²) in [6.07, 6.45) is 0.836. The molecule has 1 unspecified atom stereocenters. The summed E-state index contributed by atoms with van der Waals surface area (Å²) in [5.41, 5.74) is 7.92. The quantitative estimate of drug-likeness (QED) is 0.882. The normalized spacial score (nSPS) is 12.1. The lowest BCUT2D eigenvalue weighted by atomic mass is 9.93. The van der Waals surface area contributed by atoms with Crippen LogP contribution >= 0.6 is 0 Å². The van der Waals surface area contributed by atoms with Gasteiger partial charge in [0.2, 0.25) is 0 Å². The minimum Gasteiger partial charge on any atom is -0.478 e. The summed E-state index contributed by atoms with van der Waals surface area (Å²) >= 11 is 0. The fourth-order valence-electron chi connectivity index (χ4n) is 2.28. The van der Waals surface area contributed by atoms with Crippen LogP contribution in [-0.4, -0.2) is 17.6 Å². The van der Waals surface area contributed by atoms with Gasteiger partial charge in [0, 0.05) is 5.56 Å². The number of benzene rings is 2. The van der Waals surface area contributed by atoms with Crippen molar-refractivity contribution >= 4 is 5.97 Å². The predicted octanol–water partition coefficient (Wildman–Crippen LogP) is 3.64. The molecule has 0 saturated heterocycles. The third-order valence-corrected chi connectivity index (χ3v) is 3.60. The zero-order chi connectivity index (χ0) is 15.4. The Kier molecular flexibility index (Phi) is 4.70. The van der Waals surface area contributed by atoms with E-state index in [9.17, 15) is 9.18 Å². The highest BCUT2D eigenvalue weighted by Gasteiger charge is 2.11. The minimum atomic E-state index is -0.993. The van der Waals surface area contributed by atoms with Crippen LogP contribution in [0.3, 0.4) is 0 Å². The highest BCUT2D eigenvalue weighted by Crippen LogP contribution is 2.28. The fraction of sp³-hybridized carbons (Fsp3) is 0.235. The summed E-state index contributed by atoms with van der Waals surface area (Å²) in [4.78, 5) is 10.8. The summed E-state index contributed by atoms with van der Waals surface area (Å²) in [5.74, 6) is -1.05. The first-order valence-corrected chi connectivity index (χ1v) is 6.86. The van der Waals surface area contributed by atoms with E-state index in [1.807, 2.05) is 6.07 Å². The molecule has 0 aliphatic carbocycles. The zero-order valence-corrected chi connectivity index (χ0v) is 11.8. The van der Waals surface area contributed by atoms with Crippen LogP contribution in [0.25, 0.3) is 11.1 Å². The van der Waals surface area contributed by atoms with Crippen molar-refractivity contribution in [3.8, 4) is 11.1 Å². The van der Waals surface area contributed by atoms with Crippen molar-refractivity contribution in [3.05, 3.63) is 59.4 Å². The lowest BCUT2D eigenvalue weighted by molar-refractivity contribution is 0.0697. The number of carbonyl (C=O) groups is 1. The third-order valence-electron chi connectivity index (χ3n) is 3.60. The topological polar surface area (TPSA) is 63.3 Å². The fourth-order valence-corrected chi connectivity index (χ4v) is 2.28. The molecule has 0 saturated carbocycles. The molecule has 0 aliphatic rings. The zero-order valence-electron chi connectivity index (χ0n) is 11.8. The molecule has 110 valence electrons. The molecular weight excluding hydrogens is 269 g/mol. The molecule has 3 N–H and O–H groups in total. The second-order valence-corrected chi connectivity index (χ2v) is 5.10. The van der Waals surface area contributed by atoms with Gasteiger partial charge >= 0.3 is 5.97 Å². The molecular formula is C17H18FNO2. The van der Waals surface area contributed by atoms with E-state index in [0.717, 1.165) is 12.0 Å². The van der Waals surface area contributed by atoms with Crippen LogP contribution in [0.1, 0.15) is 35.2 Å². The highest BCUT2D eigenvalue weighted by atomic mass is 19.1. The van der Waals surface area contributed by atoms with E-state index in [-0.39, 0.29) is 17.3 Å². The van der Waals surface area contributed by atoms with Crippen molar-refractivity contribution in [2.75, 3.05) is 6.54 Å². The van der Waals surface area contributed by atoms with Gasteiger partial charge in [-0.3, -0.25) is 0 Å².